The van der Waals surface area contributed by atoms with E-state index >= 15 is 0 Å². The Hall–Kier alpha value is -2.19. The Bertz CT molecular complexity index is 817. The number of hydrogen-bond acceptors (Lipinski definition) is 5. The van der Waals surface area contributed by atoms with Crippen LogP contribution in [-0.2, 0) is 14.4 Å². The molecule has 2 heterocycles. The molecule has 0 radical (unpaired) electrons. The largest absolute Gasteiger partial charge is 0.368 e. The van der Waals surface area contributed by atoms with E-state index in [1.165, 1.54) is 9.80 Å². The van der Waals surface area contributed by atoms with E-state index in [4.69, 9.17) is 18.0 Å². The number of primary amides is 1. The number of nitrogens with zero attached hydrogens (tertiary/aromatic N) is 2. The molecule has 8 heteroatoms. The zero-order chi connectivity index (χ0) is 17.6. The number of fused-ring (bicyclic) bond motifs is 1. The van der Waals surface area contributed by atoms with Crippen molar-refractivity contribution in [2.75, 3.05) is 11.4 Å². The van der Waals surface area contributed by atoms with Crippen LogP contribution in [0.5, 0.6) is 0 Å². The van der Waals surface area contributed by atoms with Crippen LogP contribution in [-0.4, -0.2) is 39.5 Å². The van der Waals surface area contributed by atoms with E-state index in [0.29, 0.717) is 20.5 Å². The number of amides is 3. The van der Waals surface area contributed by atoms with Crippen LogP contribution in [0.4, 0.5) is 5.69 Å². The van der Waals surface area contributed by atoms with E-state index in [1.807, 2.05) is 13.8 Å². The molecule has 1 fully saturated rings. The number of thiocarbonyl (C=S) groups is 1. The predicted molar refractivity (Wildman–Crippen MR) is 97.1 cm³/mol. The smallest absolute Gasteiger partial charge is 0.267 e. The van der Waals surface area contributed by atoms with Crippen LogP contribution in [0.3, 0.4) is 0 Å². The van der Waals surface area contributed by atoms with Crippen LogP contribution in [0.1, 0.15) is 19.4 Å². The normalized spacial score (nSPS) is 20.4. The summed E-state index contributed by atoms with van der Waals surface area (Å²) in [5.41, 5.74) is 6.73. The highest BCUT2D eigenvalue weighted by Crippen LogP contribution is 2.44. The number of para-hydroxylation sites is 1. The monoisotopic (exact) mass is 361 g/mol. The maximum atomic E-state index is 12.8. The first-order chi connectivity index (χ1) is 11.3. The lowest BCUT2D eigenvalue weighted by Crippen LogP contribution is -2.36. The number of hydrogen-bond donors (Lipinski definition) is 1. The Labute approximate surface area is 148 Å². The average molecular weight is 361 g/mol. The molecule has 0 spiro atoms. The fourth-order valence-corrected chi connectivity index (χ4v) is 4.38. The summed E-state index contributed by atoms with van der Waals surface area (Å²) in [6.45, 7) is 3.49. The first kappa shape index (κ1) is 16.7. The maximum absolute atomic E-state index is 12.8. The highest BCUT2D eigenvalue weighted by Gasteiger charge is 2.42. The van der Waals surface area contributed by atoms with Crippen LogP contribution >= 0.6 is 24.0 Å². The lowest BCUT2D eigenvalue weighted by Gasteiger charge is -2.18. The minimum atomic E-state index is -0.617. The summed E-state index contributed by atoms with van der Waals surface area (Å²) in [7, 11) is 0. The van der Waals surface area contributed by atoms with Crippen molar-refractivity contribution in [1.29, 1.82) is 0 Å². The van der Waals surface area contributed by atoms with Gasteiger partial charge in [-0.1, -0.05) is 42.2 Å². The molecule has 2 N–H and O–H groups in total. The molecule has 1 aromatic rings. The van der Waals surface area contributed by atoms with Gasteiger partial charge in [0.15, 0.2) is 0 Å². The summed E-state index contributed by atoms with van der Waals surface area (Å²) in [6.07, 6.45) is 0. The second-order valence-electron chi connectivity index (χ2n) is 5.72. The Morgan fingerprint density at radius 2 is 1.92 bits per heavy atom. The maximum Gasteiger partial charge on any atom is 0.267 e. The fourth-order valence-electron chi connectivity index (χ4n) is 2.79. The second kappa shape index (κ2) is 6.03. The topological polar surface area (TPSA) is 83.7 Å². The van der Waals surface area contributed by atoms with Gasteiger partial charge in [0.25, 0.3) is 11.8 Å². The number of thioether (sulfide) groups is 1. The fraction of sp³-hybridized carbons (Fsp3) is 0.250. The number of carbonyl (C=O) groups is 3. The number of rotatable bonds is 3. The molecule has 3 amide bonds. The van der Waals surface area contributed by atoms with Crippen molar-refractivity contribution in [1.82, 2.24) is 4.90 Å². The van der Waals surface area contributed by atoms with Gasteiger partial charge in [-0.3, -0.25) is 24.2 Å². The molecular weight excluding hydrogens is 346 g/mol. The molecule has 124 valence electrons. The first-order valence-electron chi connectivity index (χ1n) is 7.32. The number of carbonyl (C=O) groups excluding carboxylic acids is 3. The quantitative estimate of drug-likeness (QED) is 0.651. The molecule has 2 aliphatic heterocycles. The van der Waals surface area contributed by atoms with Crippen molar-refractivity contribution in [3.8, 4) is 0 Å². The van der Waals surface area contributed by atoms with Crippen molar-refractivity contribution in [2.45, 2.75) is 19.9 Å². The molecule has 0 aliphatic carbocycles. The Balaban J connectivity index is 2.15. The van der Waals surface area contributed by atoms with Gasteiger partial charge in [0.1, 0.15) is 10.9 Å². The van der Waals surface area contributed by atoms with Gasteiger partial charge in [-0.05, 0) is 19.9 Å². The van der Waals surface area contributed by atoms with Crippen molar-refractivity contribution in [3.63, 3.8) is 0 Å². The Morgan fingerprint density at radius 1 is 1.25 bits per heavy atom. The van der Waals surface area contributed by atoms with E-state index in [1.54, 1.807) is 24.3 Å². The summed E-state index contributed by atoms with van der Waals surface area (Å²) < 4.78 is 0.427. The lowest BCUT2D eigenvalue weighted by molar-refractivity contribution is -0.123. The summed E-state index contributed by atoms with van der Waals surface area (Å²) in [6, 6.07) is 6.94. The Morgan fingerprint density at radius 3 is 2.50 bits per heavy atom. The van der Waals surface area contributed by atoms with Gasteiger partial charge < -0.3 is 5.73 Å². The molecule has 1 aromatic carbocycles. The molecule has 0 atom stereocenters. The predicted octanol–water partition coefficient (Wildman–Crippen LogP) is 1.50. The second-order valence-corrected chi connectivity index (χ2v) is 7.36. The highest BCUT2D eigenvalue weighted by atomic mass is 32.2. The van der Waals surface area contributed by atoms with Gasteiger partial charge in [-0.2, -0.15) is 0 Å². The average Bonchev–Trinajstić information content (AvgIpc) is 2.94. The summed E-state index contributed by atoms with van der Waals surface area (Å²) >= 11 is 6.40. The number of nitrogens with two attached hydrogens (primary N) is 1. The molecule has 0 bridgehead atoms. The summed E-state index contributed by atoms with van der Waals surface area (Å²) in [5.74, 6) is -1.30. The molecule has 0 saturated carbocycles. The number of anilines is 1. The first-order valence-corrected chi connectivity index (χ1v) is 8.54. The Kier molecular flexibility index (Phi) is 4.18. The minimum absolute atomic E-state index is 0.0935. The molecule has 6 nitrogen and oxygen atoms in total. The third-order valence-corrected chi connectivity index (χ3v) is 5.18. The van der Waals surface area contributed by atoms with Gasteiger partial charge in [-0.25, -0.2) is 0 Å². The third kappa shape index (κ3) is 2.51. The molecule has 2 aliphatic rings. The lowest BCUT2D eigenvalue weighted by atomic mass is 10.1. The van der Waals surface area contributed by atoms with Crippen LogP contribution in [0, 0.1) is 0 Å². The van der Waals surface area contributed by atoms with Crippen molar-refractivity contribution in [2.24, 2.45) is 5.73 Å². The number of benzene rings is 1. The molecule has 3 rings (SSSR count). The van der Waals surface area contributed by atoms with Crippen molar-refractivity contribution >= 4 is 57.3 Å². The van der Waals surface area contributed by atoms with E-state index in [2.05, 4.69) is 0 Å². The van der Waals surface area contributed by atoms with Crippen LogP contribution < -0.4 is 10.6 Å². The van der Waals surface area contributed by atoms with Gasteiger partial charge in [0.2, 0.25) is 5.91 Å². The molecule has 0 aromatic heterocycles. The van der Waals surface area contributed by atoms with E-state index in [9.17, 15) is 14.4 Å². The molecule has 0 unspecified atom stereocenters. The zero-order valence-electron chi connectivity index (χ0n) is 13.1. The minimum Gasteiger partial charge on any atom is -0.368 e. The van der Waals surface area contributed by atoms with Crippen molar-refractivity contribution < 1.29 is 14.4 Å². The van der Waals surface area contributed by atoms with Gasteiger partial charge >= 0.3 is 0 Å². The van der Waals surface area contributed by atoms with Crippen LogP contribution in [0.25, 0.3) is 5.57 Å². The highest BCUT2D eigenvalue weighted by molar-refractivity contribution is 8.26. The summed E-state index contributed by atoms with van der Waals surface area (Å²) in [4.78, 5) is 40.0. The van der Waals surface area contributed by atoms with E-state index < -0.39 is 11.8 Å². The SMILES string of the molecule is CC(C)N1C(=O)/C(=C2/C(=O)N(CC(N)=O)c3ccccc32)SC1=S. The zero-order valence-corrected chi connectivity index (χ0v) is 14.7. The van der Waals surface area contributed by atoms with Crippen molar-refractivity contribution in [3.05, 3.63) is 34.7 Å². The van der Waals surface area contributed by atoms with E-state index in [0.717, 1.165) is 11.8 Å². The molecular formula is C16H15N3O3S2. The van der Waals surface area contributed by atoms with Crippen LogP contribution in [0.2, 0.25) is 0 Å². The third-order valence-electron chi connectivity index (χ3n) is 3.78. The van der Waals surface area contributed by atoms with Gasteiger partial charge in [0, 0.05) is 11.6 Å². The molecule has 1 saturated heterocycles. The van der Waals surface area contributed by atoms with Gasteiger partial charge in [-0.15, -0.1) is 0 Å². The standard InChI is InChI=1S/C16H15N3O3S2/c1-8(2)19-15(22)13(24-16(19)23)12-9-5-3-4-6-10(9)18(14(12)21)7-11(17)20/h3-6,8H,7H2,1-2H3,(H2,17,20)/b13-12-. The summed E-state index contributed by atoms with van der Waals surface area (Å²) in [5, 5.41) is 0. The van der Waals surface area contributed by atoms with Gasteiger partial charge in [0.05, 0.1) is 16.2 Å². The molecule has 24 heavy (non-hydrogen) atoms. The van der Waals surface area contributed by atoms with Crippen LogP contribution in [0.15, 0.2) is 29.2 Å². The van der Waals surface area contributed by atoms with E-state index in [-0.39, 0.29) is 24.1 Å².